The van der Waals surface area contributed by atoms with E-state index in [0.717, 1.165) is 15.9 Å². The Morgan fingerprint density at radius 2 is 1.71 bits per heavy atom. The zero-order valence-corrected chi connectivity index (χ0v) is 7.97. The lowest BCUT2D eigenvalue weighted by Crippen LogP contribution is -2.28. The molecule has 1 aromatic heterocycles. The summed E-state index contributed by atoms with van der Waals surface area (Å²) in [5, 5.41) is 11.6. The molecule has 0 atom stereocenters. The maximum Gasteiger partial charge on any atom is 0.223 e. The molecule has 0 radical (unpaired) electrons. The molecule has 0 aliphatic heterocycles. The summed E-state index contributed by atoms with van der Waals surface area (Å²) in [5.74, 6) is 0. The summed E-state index contributed by atoms with van der Waals surface area (Å²) in [6, 6.07) is 13.4. The van der Waals surface area contributed by atoms with E-state index in [1.54, 1.807) is 6.20 Å². The van der Waals surface area contributed by atoms with E-state index in [2.05, 4.69) is 0 Å². The summed E-state index contributed by atoms with van der Waals surface area (Å²) in [4.78, 5) is 0. The van der Waals surface area contributed by atoms with Gasteiger partial charge in [0.15, 0.2) is 6.20 Å². The van der Waals surface area contributed by atoms with E-state index in [9.17, 15) is 5.21 Å². The smallest absolute Gasteiger partial charge is 0.223 e. The third kappa shape index (κ3) is 1.59. The summed E-state index contributed by atoms with van der Waals surface area (Å²) >= 11 is 0. The van der Waals surface area contributed by atoms with Crippen molar-refractivity contribution in [3.63, 3.8) is 0 Å². The zero-order valence-electron chi connectivity index (χ0n) is 7.97. The molecule has 0 N–H and O–H groups in total. The van der Waals surface area contributed by atoms with Gasteiger partial charge in [-0.25, -0.2) is 0 Å². The highest BCUT2D eigenvalue weighted by atomic mass is 16.5. The molecule has 2 nitrogen and oxygen atoms in total. The van der Waals surface area contributed by atoms with Gasteiger partial charge in [-0.2, -0.15) is 4.73 Å². The van der Waals surface area contributed by atoms with Gasteiger partial charge in [-0.15, -0.1) is 0 Å². The fourth-order valence-corrected chi connectivity index (χ4v) is 1.41. The van der Waals surface area contributed by atoms with E-state index in [0.29, 0.717) is 5.69 Å². The average molecular weight is 185 g/mol. The number of pyridine rings is 1. The average Bonchev–Trinajstić information content (AvgIpc) is 2.19. The fourth-order valence-electron chi connectivity index (χ4n) is 1.41. The topological polar surface area (TPSA) is 26.9 Å². The van der Waals surface area contributed by atoms with Crippen LogP contribution in [0.3, 0.4) is 0 Å². The Bertz CT molecular complexity index is 437. The van der Waals surface area contributed by atoms with Gasteiger partial charge < -0.3 is 5.21 Å². The number of nitrogens with zero attached hydrogens (tertiary/aromatic N) is 1. The van der Waals surface area contributed by atoms with Crippen molar-refractivity contribution in [2.24, 2.45) is 0 Å². The molecule has 0 bridgehead atoms. The number of hydrogen-bond donors (Lipinski definition) is 0. The predicted molar refractivity (Wildman–Crippen MR) is 55.6 cm³/mol. The summed E-state index contributed by atoms with van der Waals surface area (Å²) in [6.45, 7) is 1.91. The SMILES string of the molecule is Cc1ccc(-c2ccccc2)[n+]([O-])c1. The van der Waals surface area contributed by atoms with Gasteiger partial charge in [0.2, 0.25) is 5.69 Å². The summed E-state index contributed by atoms with van der Waals surface area (Å²) < 4.78 is 0.907. The van der Waals surface area contributed by atoms with Crippen molar-refractivity contribution in [3.8, 4) is 11.3 Å². The van der Waals surface area contributed by atoms with Gasteiger partial charge in [0.25, 0.3) is 0 Å². The molecule has 2 aromatic rings. The van der Waals surface area contributed by atoms with Gasteiger partial charge in [-0.1, -0.05) is 18.2 Å². The second-order valence-corrected chi connectivity index (χ2v) is 3.28. The van der Waals surface area contributed by atoms with E-state index < -0.39 is 0 Å². The summed E-state index contributed by atoms with van der Waals surface area (Å²) in [7, 11) is 0. The fraction of sp³-hybridized carbons (Fsp3) is 0.0833. The van der Waals surface area contributed by atoms with Crippen LogP contribution in [0.5, 0.6) is 0 Å². The molecule has 0 spiro atoms. The van der Waals surface area contributed by atoms with Crippen LogP contribution in [0.2, 0.25) is 0 Å². The Morgan fingerprint density at radius 1 is 1.00 bits per heavy atom. The molecule has 0 amide bonds. The van der Waals surface area contributed by atoms with Crippen LogP contribution in [-0.4, -0.2) is 0 Å². The second-order valence-electron chi connectivity index (χ2n) is 3.28. The monoisotopic (exact) mass is 185 g/mol. The summed E-state index contributed by atoms with van der Waals surface area (Å²) in [5.41, 5.74) is 2.61. The number of benzene rings is 1. The molecule has 0 fully saturated rings. The van der Waals surface area contributed by atoms with Gasteiger partial charge in [0.1, 0.15) is 0 Å². The number of rotatable bonds is 1. The molecule has 70 valence electrons. The van der Waals surface area contributed by atoms with Gasteiger partial charge in [0, 0.05) is 17.2 Å². The lowest BCUT2D eigenvalue weighted by Gasteiger charge is -2.04. The van der Waals surface area contributed by atoms with E-state index in [1.165, 1.54) is 0 Å². The molecule has 0 aliphatic carbocycles. The minimum Gasteiger partial charge on any atom is -0.618 e. The largest absolute Gasteiger partial charge is 0.618 e. The molecule has 0 saturated heterocycles. The molecule has 2 heteroatoms. The van der Waals surface area contributed by atoms with Crippen LogP contribution < -0.4 is 4.73 Å². The van der Waals surface area contributed by atoms with E-state index in [1.807, 2.05) is 49.4 Å². The van der Waals surface area contributed by atoms with E-state index >= 15 is 0 Å². The quantitative estimate of drug-likeness (QED) is 0.494. The van der Waals surface area contributed by atoms with Gasteiger partial charge in [-0.05, 0) is 25.1 Å². The summed E-state index contributed by atoms with van der Waals surface area (Å²) in [6.07, 6.45) is 1.59. The second kappa shape index (κ2) is 3.50. The zero-order chi connectivity index (χ0) is 9.97. The standard InChI is InChI=1S/C12H11NO/c1-10-7-8-12(13(14)9-10)11-5-3-2-4-6-11/h2-9H,1H3. The van der Waals surface area contributed by atoms with Crippen LogP contribution in [0.4, 0.5) is 0 Å². The van der Waals surface area contributed by atoms with Crippen molar-refractivity contribution < 1.29 is 4.73 Å². The van der Waals surface area contributed by atoms with E-state index in [-0.39, 0.29) is 0 Å². The van der Waals surface area contributed by atoms with Crippen molar-refractivity contribution in [1.29, 1.82) is 0 Å². The number of aryl methyl sites for hydroxylation is 1. The maximum absolute atomic E-state index is 11.6. The molecular formula is C12H11NO. The molecule has 0 unspecified atom stereocenters. The molecule has 1 heterocycles. The molecule has 2 rings (SSSR count). The minimum absolute atomic E-state index is 0.691. The van der Waals surface area contributed by atoms with Crippen molar-refractivity contribution >= 4 is 0 Å². The normalized spacial score (nSPS) is 10.1. The Kier molecular flexibility index (Phi) is 2.19. The number of aromatic nitrogens is 1. The highest BCUT2D eigenvalue weighted by molar-refractivity contribution is 5.55. The van der Waals surface area contributed by atoms with Crippen molar-refractivity contribution in [2.45, 2.75) is 6.92 Å². The Balaban J connectivity index is 2.53. The molecule has 0 saturated carbocycles. The lowest BCUT2D eigenvalue weighted by molar-refractivity contribution is -0.594. The van der Waals surface area contributed by atoms with Crippen molar-refractivity contribution in [1.82, 2.24) is 0 Å². The van der Waals surface area contributed by atoms with Crippen LogP contribution in [0.25, 0.3) is 11.3 Å². The molecule has 14 heavy (non-hydrogen) atoms. The molecule has 0 aliphatic rings. The number of hydrogen-bond acceptors (Lipinski definition) is 1. The Labute approximate surface area is 83.0 Å². The highest BCUT2D eigenvalue weighted by Crippen LogP contribution is 2.14. The highest BCUT2D eigenvalue weighted by Gasteiger charge is 2.06. The van der Waals surface area contributed by atoms with Crippen LogP contribution in [0.1, 0.15) is 5.56 Å². The maximum atomic E-state index is 11.6. The lowest BCUT2D eigenvalue weighted by atomic mass is 10.1. The predicted octanol–water partition coefficient (Wildman–Crippen LogP) is 2.30. The Morgan fingerprint density at radius 3 is 2.36 bits per heavy atom. The third-order valence-corrected chi connectivity index (χ3v) is 2.13. The van der Waals surface area contributed by atoms with E-state index in [4.69, 9.17) is 0 Å². The van der Waals surface area contributed by atoms with Crippen LogP contribution >= 0.6 is 0 Å². The van der Waals surface area contributed by atoms with Crippen LogP contribution in [0.15, 0.2) is 48.7 Å². The van der Waals surface area contributed by atoms with Crippen LogP contribution in [0, 0.1) is 12.1 Å². The molecular weight excluding hydrogens is 174 g/mol. The van der Waals surface area contributed by atoms with Gasteiger partial charge in [-0.3, -0.25) is 0 Å². The van der Waals surface area contributed by atoms with Gasteiger partial charge in [0.05, 0.1) is 0 Å². The first-order valence-electron chi connectivity index (χ1n) is 4.52. The van der Waals surface area contributed by atoms with Crippen LogP contribution in [-0.2, 0) is 0 Å². The van der Waals surface area contributed by atoms with Crippen molar-refractivity contribution in [2.75, 3.05) is 0 Å². The first-order chi connectivity index (χ1) is 6.77. The first-order valence-corrected chi connectivity index (χ1v) is 4.52. The molecule has 1 aromatic carbocycles. The first kappa shape index (κ1) is 8.75. The Hall–Kier alpha value is -1.83. The minimum atomic E-state index is 0.691. The van der Waals surface area contributed by atoms with Crippen molar-refractivity contribution in [3.05, 3.63) is 59.4 Å². The third-order valence-electron chi connectivity index (χ3n) is 2.13. The van der Waals surface area contributed by atoms with Gasteiger partial charge >= 0.3 is 0 Å².